The molecule has 0 amide bonds. The van der Waals surface area contributed by atoms with Crippen molar-refractivity contribution >= 4 is 28.6 Å². The van der Waals surface area contributed by atoms with Crippen molar-refractivity contribution in [3.05, 3.63) is 27.4 Å². The third kappa shape index (κ3) is 2.00. The molecule has 0 saturated heterocycles. The zero-order chi connectivity index (χ0) is 13.7. The first-order valence-corrected chi connectivity index (χ1v) is 8.74. The fraction of sp³-hybridized carbons (Fsp3) is 0.467. The Hall–Kier alpha value is -1.20. The van der Waals surface area contributed by atoms with Gasteiger partial charge in [0, 0.05) is 16.7 Å². The monoisotopic (exact) mass is 305 g/mol. The molecule has 2 bridgehead atoms. The van der Waals surface area contributed by atoms with E-state index in [2.05, 4.69) is 5.38 Å². The zero-order valence-corrected chi connectivity index (χ0v) is 12.5. The standard InChI is InChI=1S/C15H15NO2S2/c17-15(18)10-5-13(19-6-10)12-7-20-14(16-12)11-4-8-1-2-9(11)3-8/h5-9,11H,1-4H2,(H,17,18). The largest absolute Gasteiger partial charge is 0.478 e. The van der Waals surface area contributed by atoms with E-state index < -0.39 is 5.97 Å². The molecule has 2 aromatic heterocycles. The number of thiophene rings is 1. The van der Waals surface area contributed by atoms with Crippen LogP contribution in [0.2, 0.25) is 0 Å². The maximum Gasteiger partial charge on any atom is 0.336 e. The quantitative estimate of drug-likeness (QED) is 0.910. The van der Waals surface area contributed by atoms with Crippen molar-refractivity contribution in [3.63, 3.8) is 0 Å². The van der Waals surface area contributed by atoms with Crippen LogP contribution in [0.5, 0.6) is 0 Å². The molecule has 5 heteroatoms. The summed E-state index contributed by atoms with van der Waals surface area (Å²) >= 11 is 3.21. The highest BCUT2D eigenvalue weighted by Gasteiger charge is 2.41. The Bertz CT molecular complexity index is 660. The lowest BCUT2D eigenvalue weighted by Crippen LogP contribution is -2.07. The molecule has 0 spiro atoms. The molecule has 4 rings (SSSR count). The third-order valence-electron chi connectivity index (χ3n) is 4.68. The van der Waals surface area contributed by atoms with Gasteiger partial charge in [-0.1, -0.05) is 6.42 Å². The van der Waals surface area contributed by atoms with Crippen LogP contribution in [0.25, 0.3) is 10.6 Å². The lowest BCUT2D eigenvalue weighted by atomic mass is 9.89. The summed E-state index contributed by atoms with van der Waals surface area (Å²) in [5, 5.41) is 14.0. The Balaban J connectivity index is 1.60. The van der Waals surface area contributed by atoms with E-state index in [1.54, 1.807) is 22.8 Å². The number of hydrogen-bond donors (Lipinski definition) is 1. The number of rotatable bonds is 3. The van der Waals surface area contributed by atoms with Crippen molar-refractivity contribution in [1.82, 2.24) is 4.98 Å². The van der Waals surface area contributed by atoms with E-state index in [1.807, 2.05) is 0 Å². The summed E-state index contributed by atoms with van der Waals surface area (Å²) in [5.74, 6) is 1.57. The van der Waals surface area contributed by atoms with Crippen LogP contribution in [-0.4, -0.2) is 16.1 Å². The van der Waals surface area contributed by atoms with E-state index in [9.17, 15) is 4.79 Å². The van der Waals surface area contributed by atoms with Crippen molar-refractivity contribution in [3.8, 4) is 10.6 Å². The first-order valence-electron chi connectivity index (χ1n) is 6.98. The number of aromatic nitrogens is 1. The Morgan fingerprint density at radius 2 is 2.15 bits per heavy atom. The predicted molar refractivity (Wildman–Crippen MR) is 80.6 cm³/mol. The van der Waals surface area contributed by atoms with Crippen molar-refractivity contribution in [2.75, 3.05) is 0 Å². The fourth-order valence-corrected chi connectivity index (χ4v) is 5.65. The lowest BCUT2D eigenvalue weighted by Gasteiger charge is -2.18. The van der Waals surface area contributed by atoms with E-state index in [-0.39, 0.29) is 0 Å². The van der Waals surface area contributed by atoms with Crippen LogP contribution in [0.15, 0.2) is 16.8 Å². The highest BCUT2D eigenvalue weighted by atomic mass is 32.1. The summed E-state index contributed by atoms with van der Waals surface area (Å²) in [6.45, 7) is 0. The van der Waals surface area contributed by atoms with Gasteiger partial charge in [-0.15, -0.1) is 22.7 Å². The minimum atomic E-state index is -0.865. The molecule has 2 saturated carbocycles. The van der Waals surface area contributed by atoms with Crippen LogP contribution >= 0.6 is 22.7 Å². The van der Waals surface area contributed by atoms with Gasteiger partial charge in [0.1, 0.15) is 0 Å². The molecule has 3 nitrogen and oxygen atoms in total. The van der Waals surface area contributed by atoms with Gasteiger partial charge in [0.05, 0.1) is 21.1 Å². The van der Waals surface area contributed by atoms with Gasteiger partial charge >= 0.3 is 5.97 Å². The first kappa shape index (κ1) is 12.5. The van der Waals surface area contributed by atoms with Gasteiger partial charge < -0.3 is 5.11 Å². The molecular formula is C15H15NO2S2. The Morgan fingerprint density at radius 1 is 1.25 bits per heavy atom. The SMILES string of the molecule is O=C(O)c1csc(-c2csc(C3CC4CCC3C4)n2)c1. The minimum Gasteiger partial charge on any atom is -0.478 e. The van der Waals surface area contributed by atoms with E-state index in [4.69, 9.17) is 10.1 Å². The summed E-state index contributed by atoms with van der Waals surface area (Å²) in [6, 6.07) is 1.73. The third-order valence-corrected chi connectivity index (χ3v) is 6.61. The van der Waals surface area contributed by atoms with Gasteiger partial charge in [-0.2, -0.15) is 0 Å². The molecule has 2 aromatic rings. The summed E-state index contributed by atoms with van der Waals surface area (Å²) in [4.78, 5) is 16.7. The molecule has 0 aliphatic heterocycles. The molecule has 2 aliphatic rings. The summed E-state index contributed by atoms with van der Waals surface area (Å²) < 4.78 is 0. The molecule has 104 valence electrons. The fourth-order valence-electron chi connectivity index (χ4n) is 3.70. The van der Waals surface area contributed by atoms with Crippen LogP contribution in [0.3, 0.4) is 0 Å². The summed E-state index contributed by atoms with van der Waals surface area (Å²) in [7, 11) is 0. The minimum absolute atomic E-state index is 0.361. The summed E-state index contributed by atoms with van der Waals surface area (Å²) in [5.41, 5.74) is 1.31. The number of nitrogens with zero attached hydrogens (tertiary/aromatic N) is 1. The number of carbonyl (C=O) groups is 1. The van der Waals surface area contributed by atoms with Crippen LogP contribution in [0.1, 0.15) is 47.0 Å². The Kier molecular flexibility index (Phi) is 2.93. The second kappa shape index (κ2) is 4.67. The molecule has 20 heavy (non-hydrogen) atoms. The summed E-state index contributed by atoms with van der Waals surface area (Å²) in [6.07, 6.45) is 5.48. The smallest absolute Gasteiger partial charge is 0.336 e. The molecule has 2 fully saturated rings. The molecule has 3 atom stereocenters. The molecule has 0 aromatic carbocycles. The van der Waals surface area contributed by atoms with E-state index >= 15 is 0 Å². The molecule has 3 unspecified atom stereocenters. The maximum absolute atomic E-state index is 10.9. The molecule has 2 heterocycles. The van der Waals surface area contributed by atoms with Gasteiger partial charge in [0.2, 0.25) is 0 Å². The number of carboxylic acids is 1. The van der Waals surface area contributed by atoms with Crippen LogP contribution in [-0.2, 0) is 0 Å². The maximum atomic E-state index is 10.9. The van der Waals surface area contributed by atoms with E-state index in [0.717, 1.165) is 22.4 Å². The van der Waals surface area contributed by atoms with Crippen LogP contribution < -0.4 is 0 Å². The van der Waals surface area contributed by atoms with Crippen molar-refractivity contribution in [2.24, 2.45) is 11.8 Å². The first-order chi connectivity index (χ1) is 9.70. The highest BCUT2D eigenvalue weighted by Crippen LogP contribution is 2.53. The Morgan fingerprint density at radius 3 is 2.80 bits per heavy atom. The van der Waals surface area contributed by atoms with Crippen LogP contribution in [0, 0.1) is 11.8 Å². The van der Waals surface area contributed by atoms with Crippen molar-refractivity contribution in [2.45, 2.75) is 31.6 Å². The van der Waals surface area contributed by atoms with Crippen molar-refractivity contribution in [1.29, 1.82) is 0 Å². The normalized spacial score (nSPS) is 28.1. The number of aromatic carboxylic acids is 1. The zero-order valence-electron chi connectivity index (χ0n) is 10.9. The topological polar surface area (TPSA) is 50.2 Å². The molecular weight excluding hydrogens is 290 g/mol. The van der Waals surface area contributed by atoms with E-state index in [1.165, 1.54) is 42.0 Å². The van der Waals surface area contributed by atoms with Gasteiger partial charge in [0.25, 0.3) is 0 Å². The average Bonchev–Trinajstić information content (AvgIpc) is 3.20. The number of hydrogen-bond acceptors (Lipinski definition) is 4. The van der Waals surface area contributed by atoms with Gasteiger partial charge in [-0.25, -0.2) is 9.78 Å². The van der Waals surface area contributed by atoms with Crippen LogP contribution in [0.4, 0.5) is 0 Å². The van der Waals surface area contributed by atoms with Gasteiger partial charge in [0.15, 0.2) is 0 Å². The average molecular weight is 305 g/mol. The van der Waals surface area contributed by atoms with Gasteiger partial charge in [-0.05, 0) is 37.2 Å². The molecule has 0 radical (unpaired) electrons. The number of carboxylic acid groups (broad SMARTS) is 1. The van der Waals surface area contributed by atoms with E-state index in [0.29, 0.717) is 11.5 Å². The predicted octanol–water partition coefficient (Wildman–Crippen LogP) is 4.47. The second-order valence-electron chi connectivity index (χ2n) is 5.86. The molecule has 1 N–H and O–H groups in total. The number of fused-ring (bicyclic) bond motifs is 2. The lowest BCUT2D eigenvalue weighted by molar-refractivity contribution is 0.0697. The molecule has 2 aliphatic carbocycles. The van der Waals surface area contributed by atoms with Gasteiger partial charge in [-0.3, -0.25) is 0 Å². The second-order valence-corrected chi connectivity index (χ2v) is 7.66. The number of thiazole rings is 1. The highest BCUT2D eigenvalue weighted by molar-refractivity contribution is 7.14. The van der Waals surface area contributed by atoms with Crippen molar-refractivity contribution < 1.29 is 9.90 Å². The Labute approximate surface area is 125 Å².